The molecule has 2 aliphatic rings. The van der Waals surface area contributed by atoms with Crippen molar-refractivity contribution in [2.45, 2.75) is 44.4 Å². The van der Waals surface area contributed by atoms with Crippen molar-refractivity contribution >= 4 is 11.6 Å². The highest BCUT2D eigenvalue weighted by atomic mass is 35.5. The topological polar surface area (TPSA) is 30.5 Å². The van der Waals surface area contributed by atoms with E-state index in [0.29, 0.717) is 0 Å². The van der Waals surface area contributed by atoms with Crippen LogP contribution in [0.15, 0.2) is 18.2 Å². The Balaban J connectivity index is 1.59. The number of rotatable bonds is 3. The standard InChI is InChI=1S/C15H20ClNO2/c1-10-15(2,5-6-18-10)17-9-13-8-11-7-12(16)3-4-14(11)19-13/h3-4,7,10,13,17H,5-6,8-9H2,1-2H3. The molecule has 4 heteroatoms. The van der Waals surface area contributed by atoms with Gasteiger partial charge >= 0.3 is 0 Å². The van der Waals surface area contributed by atoms with Crippen molar-refractivity contribution in [2.24, 2.45) is 0 Å². The lowest BCUT2D eigenvalue weighted by Crippen LogP contribution is -2.50. The van der Waals surface area contributed by atoms with Gasteiger partial charge in [-0.3, -0.25) is 0 Å². The molecule has 0 aliphatic carbocycles. The molecule has 0 aromatic heterocycles. The zero-order valence-corrected chi connectivity index (χ0v) is 12.2. The second-order valence-corrected chi connectivity index (χ2v) is 6.19. The van der Waals surface area contributed by atoms with Crippen LogP contribution in [0.1, 0.15) is 25.8 Å². The summed E-state index contributed by atoms with van der Waals surface area (Å²) in [6, 6.07) is 5.84. The Morgan fingerprint density at radius 1 is 1.47 bits per heavy atom. The fourth-order valence-corrected chi connectivity index (χ4v) is 3.01. The first-order valence-corrected chi connectivity index (χ1v) is 7.26. The Kier molecular flexibility index (Phi) is 3.46. The lowest BCUT2D eigenvalue weighted by atomic mass is 9.94. The quantitative estimate of drug-likeness (QED) is 0.924. The van der Waals surface area contributed by atoms with E-state index in [9.17, 15) is 0 Å². The van der Waals surface area contributed by atoms with Crippen LogP contribution in [-0.4, -0.2) is 30.9 Å². The normalized spacial score (nSPS) is 33.2. The van der Waals surface area contributed by atoms with Crippen molar-refractivity contribution in [1.82, 2.24) is 5.32 Å². The SMILES string of the molecule is CC1OCCC1(C)NCC1Cc2cc(Cl)ccc2O1. The molecule has 3 rings (SSSR count). The van der Waals surface area contributed by atoms with E-state index in [1.165, 1.54) is 5.56 Å². The highest BCUT2D eigenvalue weighted by Gasteiger charge is 2.37. The lowest BCUT2D eigenvalue weighted by molar-refractivity contribution is 0.0839. The molecule has 0 saturated carbocycles. The predicted octanol–water partition coefficient (Wildman–Crippen LogP) is 2.80. The predicted molar refractivity (Wildman–Crippen MR) is 76.0 cm³/mol. The first-order valence-electron chi connectivity index (χ1n) is 6.88. The van der Waals surface area contributed by atoms with Crippen molar-refractivity contribution in [3.63, 3.8) is 0 Å². The van der Waals surface area contributed by atoms with Gasteiger partial charge in [0.2, 0.25) is 0 Å². The molecule has 3 unspecified atom stereocenters. The lowest BCUT2D eigenvalue weighted by Gasteiger charge is -2.30. The van der Waals surface area contributed by atoms with Gasteiger partial charge in [-0.15, -0.1) is 0 Å². The van der Waals surface area contributed by atoms with Crippen LogP contribution in [-0.2, 0) is 11.2 Å². The Morgan fingerprint density at radius 2 is 2.32 bits per heavy atom. The second-order valence-electron chi connectivity index (χ2n) is 5.76. The summed E-state index contributed by atoms with van der Waals surface area (Å²) in [5, 5.41) is 4.39. The fourth-order valence-electron chi connectivity index (χ4n) is 2.82. The average molecular weight is 282 g/mol. The van der Waals surface area contributed by atoms with Gasteiger partial charge in [0.25, 0.3) is 0 Å². The minimum atomic E-state index is 0.0653. The monoisotopic (exact) mass is 281 g/mol. The maximum absolute atomic E-state index is 6.01. The Morgan fingerprint density at radius 3 is 3.05 bits per heavy atom. The molecule has 0 spiro atoms. The third-order valence-electron chi connectivity index (χ3n) is 4.38. The van der Waals surface area contributed by atoms with Crippen molar-refractivity contribution in [2.75, 3.05) is 13.2 Å². The number of hydrogen-bond acceptors (Lipinski definition) is 3. The Bertz CT molecular complexity index is 479. The van der Waals surface area contributed by atoms with Crippen LogP contribution in [0.25, 0.3) is 0 Å². The maximum Gasteiger partial charge on any atom is 0.123 e. The van der Waals surface area contributed by atoms with Gasteiger partial charge in [-0.1, -0.05) is 11.6 Å². The molecule has 0 bridgehead atoms. The van der Waals surface area contributed by atoms with Crippen molar-refractivity contribution in [3.8, 4) is 5.75 Å². The minimum Gasteiger partial charge on any atom is -0.488 e. The van der Waals surface area contributed by atoms with Crippen molar-refractivity contribution in [1.29, 1.82) is 0 Å². The molecule has 0 radical (unpaired) electrons. The van der Waals surface area contributed by atoms with Crippen LogP contribution in [0, 0.1) is 0 Å². The second kappa shape index (κ2) is 4.97. The summed E-state index contributed by atoms with van der Waals surface area (Å²) < 4.78 is 11.6. The van der Waals surface area contributed by atoms with Gasteiger partial charge in [0.1, 0.15) is 11.9 Å². The van der Waals surface area contributed by atoms with Gasteiger partial charge < -0.3 is 14.8 Å². The molecule has 1 fully saturated rings. The molecule has 0 amide bonds. The van der Waals surface area contributed by atoms with Gasteiger partial charge in [0.05, 0.1) is 6.10 Å². The number of halogens is 1. The van der Waals surface area contributed by atoms with E-state index in [0.717, 1.165) is 36.8 Å². The van der Waals surface area contributed by atoms with Gasteiger partial charge in [-0.05, 0) is 44.0 Å². The van der Waals surface area contributed by atoms with E-state index in [2.05, 4.69) is 19.2 Å². The van der Waals surface area contributed by atoms with Crippen LogP contribution < -0.4 is 10.1 Å². The highest BCUT2D eigenvalue weighted by Crippen LogP contribution is 2.31. The summed E-state index contributed by atoms with van der Waals surface area (Å²) in [6.45, 7) is 6.04. The van der Waals surface area contributed by atoms with E-state index >= 15 is 0 Å². The molecule has 2 aliphatic heterocycles. The zero-order chi connectivity index (χ0) is 13.5. The van der Waals surface area contributed by atoms with Crippen LogP contribution in [0.5, 0.6) is 5.75 Å². The van der Waals surface area contributed by atoms with Crippen molar-refractivity contribution in [3.05, 3.63) is 28.8 Å². The van der Waals surface area contributed by atoms with Crippen LogP contribution in [0.2, 0.25) is 5.02 Å². The third kappa shape index (κ3) is 2.60. The number of fused-ring (bicyclic) bond motifs is 1. The van der Waals surface area contributed by atoms with E-state index < -0.39 is 0 Å². The van der Waals surface area contributed by atoms with E-state index in [4.69, 9.17) is 21.1 Å². The molecule has 19 heavy (non-hydrogen) atoms. The van der Waals surface area contributed by atoms with E-state index in [1.54, 1.807) is 0 Å². The molecule has 1 aromatic carbocycles. The summed E-state index contributed by atoms with van der Waals surface area (Å²) in [7, 11) is 0. The van der Waals surface area contributed by atoms with Gasteiger partial charge in [-0.2, -0.15) is 0 Å². The molecule has 2 heterocycles. The number of nitrogens with one attached hydrogen (secondary N) is 1. The number of benzene rings is 1. The largest absolute Gasteiger partial charge is 0.488 e. The van der Waals surface area contributed by atoms with Crippen LogP contribution in [0.3, 0.4) is 0 Å². The Labute approximate surface area is 119 Å². The highest BCUT2D eigenvalue weighted by molar-refractivity contribution is 6.30. The fraction of sp³-hybridized carbons (Fsp3) is 0.600. The molecule has 1 aromatic rings. The van der Waals surface area contributed by atoms with Gasteiger partial charge in [0.15, 0.2) is 0 Å². The number of hydrogen-bond donors (Lipinski definition) is 1. The summed E-state index contributed by atoms with van der Waals surface area (Å²) in [5.74, 6) is 0.970. The summed E-state index contributed by atoms with van der Waals surface area (Å²) in [4.78, 5) is 0. The molecule has 1 saturated heterocycles. The smallest absolute Gasteiger partial charge is 0.123 e. The minimum absolute atomic E-state index is 0.0653. The van der Waals surface area contributed by atoms with Crippen LogP contribution in [0.4, 0.5) is 0 Å². The molecule has 3 nitrogen and oxygen atoms in total. The average Bonchev–Trinajstić information content (AvgIpc) is 2.91. The van der Waals surface area contributed by atoms with Gasteiger partial charge in [0, 0.05) is 30.1 Å². The molecule has 3 atom stereocenters. The Hall–Kier alpha value is -0.770. The first kappa shape index (κ1) is 13.2. The number of ether oxygens (including phenoxy) is 2. The molecular weight excluding hydrogens is 262 g/mol. The van der Waals surface area contributed by atoms with Crippen molar-refractivity contribution < 1.29 is 9.47 Å². The summed E-state index contributed by atoms with van der Waals surface area (Å²) in [5.41, 5.74) is 1.27. The van der Waals surface area contributed by atoms with E-state index in [1.807, 2.05) is 18.2 Å². The third-order valence-corrected chi connectivity index (χ3v) is 4.62. The summed E-state index contributed by atoms with van der Waals surface area (Å²) in [6.07, 6.45) is 2.43. The first-order chi connectivity index (χ1) is 9.07. The maximum atomic E-state index is 6.01. The zero-order valence-electron chi connectivity index (χ0n) is 11.4. The molecule has 104 valence electrons. The van der Waals surface area contributed by atoms with E-state index in [-0.39, 0.29) is 17.7 Å². The molecule has 1 N–H and O–H groups in total. The molecular formula is C15H20ClNO2. The summed E-state index contributed by atoms with van der Waals surface area (Å²) >= 11 is 6.01. The van der Waals surface area contributed by atoms with Gasteiger partial charge in [-0.25, -0.2) is 0 Å². The van der Waals surface area contributed by atoms with Crippen LogP contribution >= 0.6 is 11.6 Å².